The van der Waals surface area contributed by atoms with Gasteiger partial charge in [0, 0.05) is 35.7 Å². The van der Waals surface area contributed by atoms with E-state index in [0.29, 0.717) is 28.1 Å². The maximum absolute atomic E-state index is 12.7. The standard InChI is InChI=1S/C19H22Cl2N4O/c20-15-6-5-14(16(21)11-15)7-8-22-18-12-17(23-13-24-18)19(26)25-9-3-1-2-4-10-25/h5-6,11-13H,1-4,7-10H2,(H,22,23,24). The van der Waals surface area contributed by atoms with E-state index in [4.69, 9.17) is 23.2 Å². The smallest absolute Gasteiger partial charge is 0.272 e. The Hall–Kier alpha value is -1.85. The molecule has 1 saturated heterocycles. The van der Waals surface area contributed by atoms with E-state index in [1.54, 1.807) is 12.1 Å². The van der Waals surface area contributed by atoms with Crippen LogP contribution >= 0.6 is 23.2 Å². The number of amides is 1. The number of likely N-dealkylation sites (tertiary alicyclic amines) is 1. The first kappa shape index (κ1) is 18.9. The first-order valence-electron chi connectivity index (χ1n) is 8.92. The average Bonchev–Trinajstić information content (AvgIpc) is 2.93. The molecule has 1 aromatic heterocycles. The largest absolute Gasteiger partial charge is 0.370 e. The van der Waals surface area contributed by atoms with Crippen LogP contribution in [0.25, 0.3) is 0 Å². The number of rotatable bonds is 5. The van der Waals surface area contributed by atoms with Gasteiger partial charge in [-0.05, 0) is 37.0 Å². The number of nitrogens with one attached hydrogen (secondary N) is 1. The third-order valence-electron chi connectivity index (χ3n) is 4.50. The molecule has 1 N–H and O–H groups in total. The molecule has 1 aromatic carbocycles. The van der Waals surface area contributed by atoms with E-state index < -0.39 is 0 Å². The van der Waals surface area contributed by atoms with Crippen LogP contribution < -0.4 is 5.32 Å². The van der Waals surface area contributed by atoms with E-state index in [2.05, 4.69) is 15.3 Å². The first-order valence-corrected chi connectivity index (χ1v) is 9.68. The van der Waals surface area contributed by atoms with Crippen molar-refractivity contribution >= 4 is 34.9 Å². The summed E-state index contributed by atoms with van der Waals surface area (Å²) in [6, 6.07) is 7.20. The highest BCUT2D eigenvalue weighted by atomic mass is 35.5. The first-order chi connectivity index (χ1) is 12.6. The molecule has 1 aliphatic rings. The van der Waals surface area contributed by atoms with Gasteiger partial charge in [-0.2, -0.15) is 0 Å². The summed E-state index contributed by atoms with van der Waals surface area (Å²) in [5, 5.41) is 4.51. The highest BCUT2D eigenvalue weighted by molar-refractivity contribution is 6.35. The lowest BCUT2D eigenvalue weighted by atomic mass is 10.1. The number of aromatic nitrogens is 2. The molecule has 26 heavy (non-hydrogen) atoms. The number of nitrogens with zero attached hydrogens (tertiary/aromatic N) is 3. The minimum absolute atomic E-state index is 0.0157. The molecule has 1 aliphatic heterocycles. The topological polar surface area (TPSA) is 58.1 Å². The van der Waals surface area contributed by atoms with Gasteiger partial charge in [0.05, 0.1) is 0 Å². The minimum Gasteiger partial charge on any atom is -0.370 e. The van der Waals surface area contributed by atoms with Gasteiger partial charge >= 0.3 is 0 Å². The average molecular weight is 393 g/mol. The van der Waals surface area contributed by atoms with Gasteiger partial charge in [-0.3, -0.25) is 4.79 Å². The fourth-order valence-electron chi connectivity index (χ4n) is 3.06. The van der Waals surface area contributed by atoms with Gasteiger partial charge in [0.25, 0.3) is 5.91 Å². The van der Waals surface area contributed by atoms with Crippen LogP contribution in [0.1, 0.15) is 41.7 Å². The molecule has 7 heteroatoms. The quantitative estimate of drug-likeness (QED) is 0.815. The molecule has 1 amide bonds. The SMILES string of the molecule is O=C(c1cc(NCCc2ccc(Cl)cc2Cl)ncn1)N1CCCCCC1. The molecule has 0 atom stereocenters. The zero-order valence-electron chi connectivity index (χ0n) is 14.5. The lowest BCUT2D eigenvalue weighted by molar-refractivity contribution is 0.0755. The zero-order chi connectivity index (χ0) is 18.4. The van der Waals surface area contributed by atoms with Crippen molar-refractivity contribution in [3.63, 3.8) is 0 Å². The monoisotopic (exact) mass is 392 g/mol. The molecule has 0 spiro atoms. The second-order valence-corrected chi connectivity index (χ2v) is 7.25. The maximum Gasteiger partial charge on any atom is 0.272 e. The Balaban J connectivity index is 1.59. The molecule has 3 rings (SSSR count). The van der Waals surface area contributed by atoms with Crippen LogP contribution in [0.5, 0.6) is 0 Å². The Kier molecular flexibility index (Phi) is 6.69. The lowest BCUT2D eigenvalue weighted by Gasteiger charge is -2.19. The molecule has 0 unspecified atom stereocenters. The molecule has 0 bridgehead atoms. The number of hydrogen-bond donors (Lipinski definition) is 1. The number of benzene rings is 1. The molecule has 0 saturated carbocycles. The number of halogens is 2. The third-order valence-corrected chi connectivity index (χ3v) is 5.08. The molecular formula is C19H22Cl2N4O. The Morgan fingerprint density at radius 3 is 2.58 bits per heavy atom. The molecular weight excluding hydrogens is 371 g/mol. The molecule has 2 heterocycles. The van der Waals surface area contributed by atoms with Gasteiger partial charge in [-0.1, -0.05) is 42.1 Å². The van der Waals surface area contributed by atoms with Crippen molar-refractivity contribution in [2.24, 2.45) is 0 Å². The number of anilines is 1. The van der Waals surface area contributed by atoms with E-state index in [-0.39, 0.29) is 5.91 Å². The Bertz CT molecular complexity index is 761. The van der Waals surface area contributed by atoms with Crippen molar-refractivity contribution in [3.8, 4) is 0 Å². The molecule has 0 radical (unpaired) electrons. The van der Waals surface area contributed by atoms with Crippen LogP contribution in [-0.4, -0.2) is 40.4 Å². The highest BCUT2D eigenvalue weighted by Crippen LogP contribution is 2.21. The fraction of sp³-hybridized carbons (Fsp3) is 0.421. The van der Waals surface area contributed by atoms with Gasteiger partial charge in [0.15, 0.2) is 0 Å². The number of carbonyl (C=O) groups is 1. The summed E-state index contributed by atoms with van der Waals surface area (Å²) in [5.74, 6) is 0.626. The van der Waals surface area contributed by atoms with Gasteiger partial charge in [0.2, 0.25) is 0 Å². The normalized spacial score (nSPS) is 14.8. The summed E-state index contributed by atoms with van der Waals surface area (Å²) >= 11 is 12.1. The summed E-state index contributed by atoms with van der Waals surface area (Å²) in [5.41, 5.74) is 1.45. The van der Waals surface area contributed by atoms with Crippen molar-refractivity contribution in [2.45, 2.75) is 32.1 Å². The fourth-order valence-corrected chi connectivity index (χ4v) is 3.56. The van der Waals surface area contributed by atoms with Crippen LogP contribution in [-0.2, 0) is 6.42 Å². The maximum atomic E-state index is 12.7. The van der Waals surface area contributed by atoms with Crippen LogP contribution in [0.3, 0.4) is 0 Å². The van der Waals surface area contributed by atoms with E-state index in [1.165, 1.54) is 19.2 Å². The Morgan fingerprint density at radius 2 is 1.85 bits per heavy atom. The van der Waals surface area contributed by atoms with Crippen LogP contribution in [0, 0.1) is 0 Å². The van der Waals surface area contributed by atoms with E-state index in [0.717, 1.165) is 37.9 Å². The zero-order valence-corrected chi connectivity index (χ0v) is 16.1. The van der Waals surface area contributed by atoms with E-state index in [1.807, 2.05) is 17.0 Å². The predicted octanol–water partition coefficient (Wildman–Crippen LogP) is 4.45. The predicted molar refractivity (Wildman–Crippen MR) is 105 cm³/mol. The van der Waals surface area contributed by atoms with Crippen molar-refractivity contribution in [1.82, 2.24) is 14.9 Å². The molecule has 138 valence electrons. The number of hydrogen-bond acceptors (Lipinski definition) is 4. The summed E-state index contributed by atoms with van der Waals surface area (Å²) in [6.45, 7) is 2.26. The van der Waals surface area contributed by atoms with E-state index >= 15 is 0 Å². The summed E-state index contributed by atoms with van der Waals surface area (Å²) in [4.78, 5) is 22.9. The van der Waals surface area contributed by atoms with Gasteiger partial charge < -0.3 is 10.2 Å². The molecule has 0 aliphatic carbocycles. The molecule has 5 nitrogen and oxygen atoms in total. The van der Waals surface area contributed by atoms with Crippen LogP contribution in [0.4, 0.5) is 5.82 Å². The Labute approximate surface area is 163 Å². The second kappa shape index (κ2) is 9.19. The van der Waals surface area contributed by atoms with Gasteiger partial charge in [0.1, 0.15) is 17.8 Å². The minimum atomic E-state index is -0.0157. The molecule has 2 aromatic rings. The van der Waals surface area contributed by atoms with Gasteiger partial charge in [-0.15, -0.1) is 0 Å². The third kappa shape index (κ3) is 5.08. The van der Waals surface area contributed by atoms with Crippen LogP contribution in [0.2, 0.25) is 10.0 Å². The lowest BCUT2D eigenvalue weighted by Crippen LogP contribution is -2.32. The number of carbonyl (C=O) groups excluding carboxylic acids is 1. The summed E-state index contributed by atoms with van der Waals surface area (Å²) in [6.07, 6.45) is 6.66. The van der Waals surface area contributed by atoms with Crippen molar-refractivity contribution < 1.29 is 4.79 Å². The summed E-state index contributed by atoms with van der Waals surface area (Å²) < 4.78 is 0. The van der Waals surface area contributed by atoms with Crippen LogP contribution in [0.15, 0.2) is 30.6 Å². The molecule has 1 fully saturated rings. The van der Waals surface area contributed by atoms with Crippen molar-refractivity contribution in [1.29, 1.82) is 0 Å². The Morgan fingerprint density at radius 1 is 1.08 bits per heavy atom. The van der Waals surface area contributed by atoms with E-state index in [9.17, 15) is 4.79 Å². The second-order valence-electron chi connectivity index (χ2n) is 6.41. The van der Waals surface area contributed by atoms with Gasteiger partial charge in [-0.25, -0.2) is 9.97 Å². The van der Waals surface area contributed by atoms with Crippen molar-refractivity contribution in [3.05, 3.63) is 51.9 Å². The van der Waals surface area contributed by atoms with Crippen molar-refractivity contribution in [2.75, 3.05) is 25.0 Å². The highest BCUT2D eigenvalue weighted by Gasteiger charge is 2.18. The summed E-state index contributed by atoms with van der Waals surface area (Å²) in [7, 11) is 0.